The largest absolute Gasteiger partial charge is 0.393 e. The standard InChI is InChI=1S/C16H33NO/c1-12(2)17(13(3)4)11-16(7)9-14(18)8-15(5,6)10-16/h12-14,18H,8-11H2,1-7H3. The van der Waals surface area contributed by atoms with Crippen molar-refractivity contribution in [2.24, 2.45) is 10.8 Å². The van der Waals surface area contributed by atoms with Crippen molar-refractivity contribution in [3.05, 3.63) is 0 Å². The second kappa shape index (κ2) is 5.50. The van der Waals surface area contributed by atoms with Crippen molar-refractivity contribution >= 4 is 0 Å². The third-order valence-electron chi connectivity index (χ3n) is 4.31. The molecule has 0 radical (unpaired) electrons. The van der Waals surface area contributed by atoms with Crippen LogP contribution in [-0.4, -0.2) is 34.7 Å². The molecule has 18 heavy (non-hydrogen) atoms. The highest BCUT2D eigenvalue weighted by Crippen LogP contribution is 2.46. The fraction of sp³-hybridized carbons (Fsp3) is 1.00. The Balaban J connectivity index is 2.79. The van der Waals surface area contributed by atoms with Crippen molar-refractivity contribution in [3.8, 4) is 0 Å². The fourth-order valence-electron chi connectivity index (χ4n) is 4.10. The first-order valence-electron chi connectivity index (χ1n) is 7.48. The van der Waals surface area contributed by atoms with E-state index >= 15 is 0 Å². The first-order chi connectivity index (χ1) is 8.05. The summed E-state index contributed by atoms with van der Waals surface area (Å²) in [6.07, 6.45) is 2.99. The molecule has 0 aromatic heterocycles. The SMILES string of the molecule is CC(C)N(CC1(C)CC(O)CC(C)(C)C1)C(C)C. The van der Waals surface area contributed by atoms with E-state index in [0.29, 0.717) is 12.1 Å². The molecule has 0 bridgehead atoms. The fourth-order valence-corrected chi connectivity index (χ4v) is 4.10. The van der Waals surface area contributed by atoms with E-state index in [-0.39, 0.29) is 16.9 Å². The molecular formula is C16H33NO. The first kappa shape index (κ1) is 16.0. The highest BCUT2D eigenvalue weighted by Gasteiger charge is 2.42. The van der Waals surface area contributed by atoms with E-state index in [2.05, 4.69) is 53.4 Å². The molecule has 1 rings (SSSR count). The molecule has 2 heteroatoms. The van der Waals surface area contributed by atoms with Gasteiger partial charge in [0.1, 0.15) is 0 Å². The maximum atomic E-state index is 10.2. The molecular weight excluding hydrogens is 222 g/mol. The van der Waals surface area contributed by atoms with Gasteiger partial charge in [0.05, 0.1) is 6.10 Å². The minimum Gasteiger partial charge on any atom is -0.393 e. The van der Waals surface area contributed by atoms with Gasteiger partial charge in [-0.15, -0.1) is 0 Å². The van der Waals surface area contributed by atoms with Gasteiger partial charge in [-0.25, -0.2) is 0 Å². The number of nitrogens with zero attached hydrogens (tertiary/aromatic N) is 1. The molecule has 0 aromatic rings. The van der Waals surface area contributed by atoms with Gasteiger partial charge in [-0.2, -0.15) is 0 Å². The molecule has 2 unspecified atom stereocenters. The van der Waals surface area contributed by atoms with Crippen LogP contribution in [-0.2, 0) is 0 Å². The second-order valence-electron chi connectivity index (χ2n) is 8.07. The van der Waals surface area contributed by atoms with Crippen molar-refractivity contribution in [2.45, 2.75) is 85.9 Å². The van der Waals surface area contributed by atoms with Crippen LogP contribution in [0.15, 0.2) is 0 Å². The topological polar surface area (TPSA) is 23.5 Å². The summed E-state index contributed by atoms with van der Waals surface area (Å²) in [6.45, 7) is 17.1. The molecule has 2 atom stereocenters. The summed E-state index contributed by atoms with van der Waals surface area (Å²) in [5, 5.41) is 10.2. The second-order valence-corrected chi connectivity index (χ2v) is 8.07. The van der Waals surface area contributed by atoms with Crippen LogP contribution in [0.2, 0.25) is 0 Å². The van der Waals surface area contributed by atoms with E-state index in [4.69, 9.17) is 0 Å². The molecule has 1 fully saturated rings. The smallest absolute Gasteiger partial charge is 0.0551 e. The van der Waals surface area contributed by atoms with E-state index in [9.17, 15) is 5.11 Å². The molecule has 0 saturated heterocycles. The van der Waals surface area contributed by atoms with E-state index in [0.717, 1.165) is 19.4 Å². The third-order valence-corrected chi connectivity index (χ3v) is 4.31. The van der Waals surface area contributed by atoms with Gasteiger partial charge >= 0.3 is 0 Å². The van der Waals surface area contributed by atoms with Crippen molar-refractivity contribution in [3.63, 3.8) is 0 Å². The number of hydrogen-bond donors (Lipinski definition) is 1. The molecule has 1 aliphatic carbocycles. The van der Waals surface area contributed by atoms with Crippen LogP contribution in [0.4, 0.5) is 0 Å². The summed E-state index contributed by atoms with van der Waals surface area (Å²) in [7, 11) is 0. The molecule has 0 aromatic carbocycles. The van der Waals surface area contributed by atoms with Crippen LogP contribution < -0.4 is 0 Å². The van der Waals surface area contributed by atoms with Gasteiger partial charge in [-0.3, -0.25) is 4.90 Å². The van der Waals surface area contributed by atoms with Crippen molar-refractivity contribution < 1.29 is 5.11 Å². The Morgan fingerprint density at radius 1 is 1.06 bits per heavy atom. The highest BCUT2D eigenvalue weighted by molar-refractivity contribution is 4.94. The summed E-state index contributed by atoms with van der Waals surface area (Å²) >= 11 is 0. The maximum absolute atomic E-state index is 10.2. The molecule has 0 heterocycles. The molecule has 0 aliphatic heterocycles. The lowest BCUT2D eigenvalue weighted by Gasteiger charge is -2.48. The highest BCUT2D eigenvalue weighted by atomic mass is 16.3. The van der Waals surface area contributed by atoms with Gasteiger partial charge in [0, 0.05) is 18.6 Å². The Bertz CT molecular complexity index is 264. The average molecular weight is 255 g/mol. The van der Waals surface area contributed by atoms with Crippen LogP contribution in [0.3, 0.4) is 0 Å². The summed E-state index contributed by atoms with van der Waals surface area (Å²) in [4.78, 5) is 2.56. The Kier molecular flexibility index (Phi) is 4.88. The lowest BCUT2D eigenvalue weighted by atomic mass is 9.63. The van der Waals surface area contributed by atoms with Gasteiger partial charge in [-0.05, 0) is 57.8 Å². The van der Waals surface area contributed by atoms with Crippen LogP contribution in [0.25, 0.3) is 0 Å². The zero-order valence-electron chi connectivity index (χ0n) is 13.5. The minimum absolute atomic E-state index is 0.125. The number of rotatable bonds is 4. The monoisotopic (exact) mass is 255 g/mol. The average Bonchev–Trinajstić information content (AvgIpc) is 2.08. The number of hydrogen-bond acceptors (Lipinski definition) is 2. The van der Waals surface area contributed by atoms with Crippen LogP contribution in [0, 0.1) is 10.8 Å². The van der Waals surface area contributed by atoms with E-state index in [1.54, 1.807) is 0 Å². The van der Waals surface area contributed by atoms with E-state index < -0.39 is 0 Å². The molecule has 2 nitrogen and oxygen atoms in total. The molecule has 1 N–H and O–H groups in total. The Labute approximate surface area is 114 Å². The van der Waals surface area contributed by atoms with Gasteiger partial charge in [0.15, 0.2) is 0 Å². The van der Waals surface area contributed by atoms with Crippen LogP contribution in [0.5, 0.6) is 0 Å². The number of aliphatic hydroxyl groups is 1. The van der Waals surface area contributed by atoms with Crippen molar-refractivity contribution in [1.82, 2.24) is 4.90 Å². The first-order valence-corrected chi connectivity index (χ1v) is 7.48. The summed E-state index contributed by atoms with van der Waals surface area (Å²) < 4.78 is 0. The lowest BCUT2D eigenvalue weighted by molar-refractivity contribution is -0.0344. The zero-order chi connectivity index (χ0) is 14.1. The van der Waals surface area contributed by atoms with E-state index in [1.165, 1.54) is 6.42 Å². The summed E-state index contributed by atoms with van der Waals surface area (Å²) in [5.41, 5.74) is 0.516. The maximum Gasteiger partial charge on any atom is 0.0551 e. The summed E-state index contributed by atoms with van der Waals surface area (Å²) in [5.74, 6) is 0. The van der Waals surface area contributed by atoms with Crippen molar-refractivity contribution in [2.75, 3.05) is 6.54 Å². The summed E-state index contributed by atoms with van der Waals surface area (Å²) in [6, 6.07) is 1.15. The molecule has 1 aliphatic rings. The molecule has 108 valence electrons. The molecule has 0 amide bonds. The van der Waals surface area contributed by atoms with Gasteiger partial charge in [0.2, 0.25) is 0 Å². The van der Waals surface area contributed by atoms with Crippen LogP contribution in [0.1, 0.15) is 67.7 Å². The van der Waals surface area contributed by atoms with Gasteiger partial charge in [-0.1, -0.05) is 20.8 Å². The lowest BCUT2D eigenvalue weighted by Crippen LogP contribution is -2.49. The zero-order valence-corrected chi connectivity index (χ0v) is 13.5. The number of aliphatic hydroxyl groups excluding tert-OH is 1. The Morgan fingerprint density at radius 3 is 1.94 bits per heavy atom. The predicted octanol–water partition coefficient (Wildman–Crippen LogP) is 3.68. The minimum atomic E-state index is -0.125. The van der Waals surface area contributed by atoms with Gasteiger partial charge in [0.25, 0.3) is 0 Å². The molecule has 0 spiro atoms. The normalized spacial score (nSPS) is 32.5. The van der Waals surface area contributed by atoms with Gasteiger partial charge < -0.3 is 5.11 Å². The molecule has 1 saturated carbocycles. The van der Waals surface area contributed by atoms with Crippen molar-refractivity contribution in [1.29, 1.82) is 0 Å². The Morgan fingerprint density at radius 2 is 1.56 bits per heavy atom. The Hall–Kier alpha value is -0.0800. The third kappa shape index (κ3) is 4.24. The van der Waals surface area contributed by atoms with Crippen LogP contribution >= 0.6 is 0 Å². The van der Waals surface area contributed by atoms with E-state index in [1.807, 2.05) is 0 Å². The predicted molar refractivity (Wildman–Crippen MR) is 78.7 cm³/mol. The quantitative estimate of drug-likeness (QED) is 0.828.